The van der Waals surface area contributed by atoms with Gasteiger partial charge in [-0.15, -0.1) is 0 Å². The lowest BCUT2D eigenvalue weighted by atomic mass is 9.99. The van der Waals surface area contributed by atoms with Gasteiger partial charge in [0.15, 0.2) is 4.90 Å². The van der Waals surface area contributed by atoms with Crippen LogP contribution in [-0.4, -0.2) is 276 Å². The molecule has 0 aromatic heterocycles. The molecule has 0 aliphatic carbocycles. The molecule has 1 aromatic rings. The molecular weight excluding hydrogens is 1340 g/mol. The SMILES string of the molecule is CC(C)(C)[C@H](F)[S+](c1ccc(C(=O)NC[C@H](NC(=O)CC[C@@H](C(=O)O)N2CCN(CC(=O)O)CCN(CC(=O)O)CCN(CC(=O)O)CC2)C(=O)N[C@H](CCCCNC(=O)CCCCCCC(=O)NCCCC[C@H](NC(=O)N[C@@H](CCCC(=O)O)C(=O)O)C(=O)O)C(=O)O)cc1)C(C)(C)C. The molecule has 0 saturated carbocycles. The van der Waals surface area contributed by atoms with Crippen molar-refractivity contribution in [3.8, 4) is 0 Å². The monoisotopic (exact) mass is 1440 g/mol. The molecule has 7 amide bonds. The van der Waals surface area contributed by atoms with Gasteiger partial charge in [0.2, 0.25) is 23.6 Å². The van der Waals surface area contributed by atoms with Gasteiger partial charge in [0.1, 0.15) is 35.0 Å². The van der Waals surface area contributed by atoms with Crippen molar-refractivity contribution in [2.24, 2.45) is 5.41 Å². The van der Waals surface area contributed by atoms with E-state index in [1.165, 1.54) is 31.7 Å². The summed E-state index contributed by atoms with van der Waals surface area (Å²) in [5, 5.41) is 94.7. The maximum absolute atomic E-state index is 16.0. The third-order valence-electron chi connectivity index (χ3n) is 16.1. The molecule has 0 bridgehead atoms. The van der Waals surface area contributed by atoms with Crippen LogP contribution in [0.2, 0.25) is 0 Å². The Morgan fingerprint density at radius 3 is 1.25 bits per heavy atom. The van der Waals surface area contributed by atoms with Gasteiger partial charge in [-0.25, -0.2) is 19.2 Å². The van der Waals surface area contributed by atoms with Crippen LogP contribution >= 0.6 is 0 Å². The number of halogens is 1. The van der Waals surface area contributed by atoms with Crippen LogP contribution < -0.4 is 37.2 Å². The predicted molar refractivity (Wildman–Crippen MR) is 362 cm³/mol. The number of unbranched alkanes of at least 4 members (excludes halogenated alkanes) is 5. The molecule has 1 fully saturated rings. The molecule has 1 saturated heterocycles. The Morgan fingerprint density at radius 2 is 0.860 bits per heavy atom. The van der Waals surface area contributed by atoms with E-state index in [2.05, 4.69) is 37.2 Å². The van der Waals surface area contributed by atoms with Crippen molar-refractivity contribution in [2.75, 3.05) is 91.6 Å². The summed E-state index contributed by atoms with van der Waals surface area (Å²) in [5.74, 6) is -13.4. The number of nitrogens with one attached hydrogen (secondary N) is 7. The zero-order valence-electron chi connectivity index (χ0n) is 58.1. The minimum Gasteiger partial charge on any atom is -0.481 e. The fourth-order valence-electron chi connectivity index (χ4n) is 10.7. The first-order valence-corrected chi connectivity index (χ1v) is 34.8. The lowest BCUT2D eigenvalue weighted by Crippen LogP contribution is -2.56. The lowest BCUT2D eigenvalue weighted by molar-refractivity contribution is -0.145. The molecule has 0 radical (unpaired) electrons. The zero-order chi connectivity index (χ0) is 75.3. The number of carboxylic acid groups (broad SMARTS) is 8. The van der Waals surface area contributed by atoms with Gasteiger partial charge in [-0.2, -0.15) is 4.39 Å². The molecule has 33 nitrogen and oxygen atoms in total. The smallest absolute Gasteiger partial charge is 0.326 e. The van der Waals surface area contributed by atoms with Crippen molar-refractivity contribution < 1.29 is 112 Å². The van der Waals surface area contributed by atoms with E-state index in [-0.39, 0.29) is 141 Å². The third-order valence-corrected chi connectivity index (χ3v) is 19.3. The Hall–Kier alpha value is -8.28. The van der Waals surface area contributed by atoms with E-state index in [1.54, 1.807) is 32.9 Å². The number of benzene rings is 1. The molecule has 100 heavy (non-hydrogen) atoms. The molecule has 1 aliphatic heterocycles. The number of carboxylic acids is 8. The van der Waals surface area contributed by atoms with Gasteiger partial charge in [-0.1, -0.05) is 33.6 Å². The molecule has 1 aliphatic rings. The lowest BCUT2D eigenvalue weighted by Gasteiger charge is -2.35. The van der Waals surface area contributed by atoms with Crippen molar-refractivity contribution >= 4 is 94.2 Å². The van der Waals surface area contributed by atoms with Crippen molar-refractivity contribution in [3.63, 3.8) is 0 Å². The molecule has 35 heteroatoms. The van der Waals surface area contributed by atoms with Crippen LogP contribution in [0, 0.1) is 5.41 Å². The second-order valence-electron chi connectivity index (χ2n) is 26.6. The predicted octanol–water partition coefficient (Wildman–Crippen LogP) is 1.67. The third kappa shape index (κ3) is 36.7. The summed E-state index contributed by atoms with van der Waals surface area (Å²) in [4.78, 5) is 181. The summed E-state index contributed by atoms with van der Waals surface area (Å²) in [6.45, 7) is 9.62. The number of aliphatic carboxylic acids is 8. The minimum atomic E-state index is -1.64. The van der Waals surface area contributed by atoms with Gasteiger partial charge in [-0.05, 0) is 116 Å². The van der Waals surface area contributed by atoms with Gasteiger partial charge >= 0.3 is 53.8 Å². The van der Waals surface area contributed by atoms with Gasteiger partial charge in [0.25, 0.3) is 11.4 Å². The summed E-state index contributed by atoms with van der Waals surface area (Å²) in [7, 11) is -0.924. The second-order valence-corrected chi connectivity index (χ2v) is 29.4. The second kappa shape index (κ2) is 45.5. The highest BCUT2D eigenvalue weighted by molar-refractivity contribution is 7.98. The number of carbonyl (C=O) groups is 14. The van der Waals surface area contributed by atoms with Crippen LogP contribution in [0.5, 0.6) is 0 Å². The summed E-state index contributed by atoms with van der Waals surface area (Å²) in [6.07, 6.45) is 2.14. The van der Waals surface area contributed by atoms with Crippen molar-refractivity contribution in [1.82, 2.24) is 56.8 Å². The van der Waals surface area contributed by atoms with Crippen LogP contribution in [0.1, 0.15) is 161 Å². The molecule has 0 spiro atoms. The fraction of sp³-hybridized carbons (Fsp3) is 0.692. The largest absolute Gasteiger partial charge is 0.481 e. The number of rotatable bonds is 45. The van der Waals surface area contributed by atoms with Crippen molar-refractivity contribution in [3.05, 3.63) is 29.8 Å². The van der Waals surface area contributed by atoms with E-state index in [0.29, 0.717) is 43.4 Å². The first-order valence-electron chi connectivity index (χ1n) is 33.5. The number of alkyl halides is 1. The van der Waals surface area contributed by atoms with E-state index in [9.17, 15) is 103 Å². The Balaban J connectivity index is 2.09. The standard InChI is InChI=1S/C65H104FN11O22S/c1-64(2,3)62(66)100(65(4,5)6)43-24-22-42(23-25-43)56(89)69-38-47(70-51(80)27-26-48(61(97)98)77-36-34-75(40-54(85)86)32-30-74(39-53(83)84)31-33-76(35-37-77)41-55(87)88)57(90)71-44(58(91)92)16-11-13-28-67-49(78)19-9-7-8-10-20-50(79)68-29-14-12-17-45(59(93)94)72-63(99)73-46(60(95)96)18-15-21-52(81)82/h22-25,44-48,62H,7-21,26-41H2,1-6H3,(H14-,67,68,69,70,71,72,73,78,79,80,81,82,83,84,85,86,87,88,89,90,91,92,93,94,95,96,97,98,99)/p+1/t44-,45+,46+,47+,48+,62-,100?/m1/s1. The highest BCUT2D eigenvalue weighted by atomic mass is 32.2. The Bertz CT molecular complexity index is 2850. The van der Waals surface area contributed by atoms with Gasteiger partial charge < -0.3 is 78.1 Å². The number of hydrogen-bond acceptors (Lipinski definition) is 18. The Kier molecular flexibility index (Phi) is 39.9. The molecule has 2 rings (SSSR count). The van der Waals surface area contributed by atoms with Crippen LogP contribution in [-0.2, 0) is 68.4 Å². The average molecular weight is 1440 g/mol. The Labute approximate surface area is 584 Å². The number of amides is 7. The van der Waals surface area contributed by atoms with E-state index < -0.39 is 167 Å². The molecule has 1 unspecified atom stereocenters. The van der Waals surface area contributed by atoms with Crippen LogP contribution in [0.4, 0.5) is 9.18 Å². The normalized spacial score (nSPS) is 16.0. The highest BCUT2D eigenvalue weighted by Crippen LogP contribution is 2.40. The maximum atomic E-state index is 16.0. The summed E-state index contributed by atoms with van der Waals surface area (Å²) in [5.41, 5.74) is -1.84. The molecule has 564 valence electrons. The van der Waals surface area contributed by atoms with Crippen LogP contribution in [0.25, 0.3) is 0 Å². The van der Waals surface area contributed by atoms with E-state index in [0.717, 1.165) is 0 Å². The van der Waals surface area contributed by atoms with Gasteiger partial charge in [0.05, 0.1) is 30.5 Å². The quantitative estimate of drug-likeness (QED) is 0.0326. The van der Waals surface area contributed by atoms with Crippen molar-refractivity contribution in [1.29, 1.82) is 0 Å². The molecule has 15 N–H and O–H groups in total. The molecule has 1 heterocycles. The van der Waals surface area contributed by atoms with Crippen LogP contribution in [0.3, 0.4) is 0 Å². The minimum absolute atomic E-state index is 0.0217. The summed E-state index contributed by atoms with van der Waals surface area (Å²) >= 11 is 0. The number of carbonyl (C=O) groups excluding carboxylic acids is 6. The summed E-state index contributed by atoms with van der Waals surface area (Å²) < 4.78 is 15.5. The number of urea groups is 1. The maximum Gasteiger partial charge on any atom is 0.326 e. The van der Waals surface area contributed by atoms with Crippen molar-refractivity contribution in [2.45, 2.75) is 196 Å². The number of nitrogens with zero attached hydrogens (tertiary/aromatic N) is 4. The van der Waals surface area contributed by atoms with Crippen LogP contribution in [0.15, 0.2) is 29.2 Å². The molecular formula is C65H105FN11O22S+. The van der Waals surface area contributed by atoms with Gasteiger partial charge in [0, 0.05) is 109 Å². The van der Waals surface area contributed by atoms with E-state index in [4.69, 9.17) is 5.11 Å². The first-order chi connectivity index (χ1) is 46.9. The van der Waals surface area contributed by atoms with E-state index in [1.807, 2.05) is 20.8 Å². The number of hydrogen-bond donors (Lipinski definition) is 15. The fourth-order valence-corrected chi connectivity index (χ4v) is 13.4. The highest BCUT2D eigenvalue weighted by Gasteiger charge is 2.49. The van der Waals surface area contributed by atoms with Gasteiger partial charge in [-0.3, -0.25) is 67.5 Å². The summed E-state index contributed by atoms with van der Waals surface area (Å²) in [6, 6.07) is -2.16. The zero-order valence-corrected chi connectivity index (χ0v) is 58.9. The topological polar surface area (TPSA) is 498 Å². The molecule has 7 atom stereocenters. The average Bonchev–Trinajstić information content (AvgIpc) is 0.795. The Morgan fingerprint density at radius 1 is 0.440 bits per heavy atom. The van der Waals surface area contributed by atoms with E-state index >= 15 is 4.39 Å². The first kappa shape index (κ1) is 87.8. The molecule has 1 aromatic carbocycles.